The number of aromatic amines is 1. The molecule has 42 heavy (non-hydrogen) atoms. The number of fused-ring (bicyclic) bond motifs is 1. The van der Waals surface area contributed by atoms with Gasteiger partial charge in [0.25, 0.3) is 0 Å². The third kappa shape index (κ3) is 5.56. The quantitative estimate of drug-likeness (QED) is 0.294. The largest absolute Gasteiger partial charge is 0.474 e. The maximum atomic E-state index is 13.4. The zero-order valence-corrected chi connectivity index (χ0v) is 23.2. The van der Waals surface area contributed by atoms with Gasteiger partial charge >= 0.3 is 6.18 Å². The van der Waals surface area contributed by atoms with Gasteiger partial charge in [-0.3, -0.25) is 9.58 Å². The zero-order chi connectivity index (χ0) is 29.3. The predicted octanol–water partition coefficient (Wildman–Crippen LogP) is 4.66. The minimum atomic E-state index is -4.54. The first-order chi connectivity index (χ1) is 20.3. The third-order valence-electron chi connectivity index (χ3n) is 8.35. The molecular weight excluding hydrogens is 547 g/mol. The van der Waals surface area contributed by atoms with E-state index in [0.29, 0.717) is 44.0 Å². The van der Waals surface area contributed by atoms with Crippen molar-refractivity contribution in [3.63, 3.8) is 0 Å². The molecule has 2 fully saturated rings. The van der Waals surface area contributed by atoms with Gasteiger partial charge in [0.1, 0.15) is 23.8 Å². The van der Waals surface area contributed by atoms with Crippen molar-refractivity contribution in [3.8, 4) is 23.2 Å². The maximum absolute atomic E-state index is 13.4. The van der Waals surface area contributed by atoms with Gasteiger partial charge in [-0.25, -0.2) is 15.0 Å². The molecule has 2 N–H and O–H groups in total. The normalized spacial score (nSPS) is 21.7. The number of piperidine rings is 1. The van der Waals surface area contributed by atoms with Gasteiger partial charge in [-0.2, -0.15) is 23.5 Å². The van der Waals surface area contributed by atoms with E-state index in [4.69, 9.17) is 4.74 Å². The molecule has 0 aromatic carbocycles. The lowest BCUT2D eigenvalue weighted by molar-refractivity contribution is -0.141. The van der Waals surface area contributed by atoms with Gasteiger partial charge in [0, 0.05) is 55.1 Å². The van der Waals surface area contributed by atoms with E-state index in [2.05, 4.69) is 41.3 Å². The second-order valence-corrected chi connectivity index (χ2v) is 11.1. The first kappa shape index (κ1) is 28.1. The van der Waals surface area contributed by atoms with E-state index >= 15 is 0 Å². The second-order valence-electron chi connectivity index (χ2n) is 11.1. The molecule has 10 nitrogen and oxygen atoms in total. The number of nitrogens with zero attached hydrogens (tertiary/aromatic N) is 7. The third-order valence-corrected chi connectivity index (χ3v) is 8.35. The molecule has 1 saturated heterocycles. The molecule has 1 saturated carbocycles. The van der Waals surface area contributed by atoms with Gasteiger partial charge in [-0.15, -0.1) is 0 Å². The van der Waals surface area contributed by atoms with Crippen molar-refractivity contribution in [1.82, 2.24) is 39.9 Å². The van der Waals surface area contributed by atoms with Crippen LogP contribution in [0, 0.1) is 11.3 Å². The Morgan fingerprint density at radius 1 is 1.21 bits per heavy atom. The summed E-state index contributed by atoms with van der Waals surface area (Å²) < 4.78 is 48.2. The molecule has 6 rings (SSSR count). The number of hydrogen-bond donors (Lipinski definition) is 2. The van der Waals surface area contributed by atoms with Gasteiger partial charge < -0.3 is 15.0 Å². The van der Waals surface area contributed by atoms with Crippen molar-refractivity contribution >= 4 is 11.0 Å². The predicted molar refractivity (Wildman–Crippen MR) is 148 cm³/mol. The highest BCUT2D eigenvalue weighted by atomic mass is 19.4. The molecule has 4 aromatic heterocycles. The smallest absolute Gasteiger partial charge is 0.433 e. The van der Waals surface area contributed by atoms with Crippen LogP contribution in [0.25, 0.3) is 22.3 Å². The van der Waals surface area contributed by atoms with Crippen LogP contribution in [0.15, 0.2) is 43.1 Å². The molecular formula is C29H32F3N9O. The summed E-state index contributed by atoms with van der Waals surface area (Å²) in [5, 5.41) is 18.3. The summed E-state index contributed by atoms with van der Waals surface area (Å²) in [6.45, 7) is 4.39. The van der Waals surface area contributed by atoms with E-state index in [1.807, 2.05) is 30.1 Å². The number of likely N-dealkylation sites (tertiary alicyclic amines) is 1. The molecule has 0 unspecified atom stereocenters. The SMILES string of the molecule is CCNCc1cc(OC2CCN(C3CC(CC#N)(n4cc(-c5ncnc6[nH]ccc56)cn4)C3)CC2)nc(C(F)(F)F)c1. The molecule has 4 aromatic rings. The molecule has 0 bridgehead atoms. The van der Waals surface area contributed by atoms with Crippen molar-refractivity contribution in [2.45, 2.75) is 69.4 Å². The van der Waals surface area contributed by atoms with Crippen LogP contribution in [0.2, 0.25) is 0 Å². The van der Waals surface area contributed by atoms with Crippen molar-refractivity contribution in [1.29, 1.82) is 5.26 Å². The summed E-state index contributed by atoms with van der Waals surface area (Å²) in [6, 6.07) is 7.24. The fourth-order valence-electron chi connectivity index (χ4n) is 6.11. The van der Waals surface area contributed by atoms with Crippen LogP contribution in [0.5, 0.6) is 5.88 Å². The molecule has 5 heterocycles. The summed E-state index contributed by atoms with van der Waals surface area (Å²) in [5.74, 6) is 0.0166. The van der Waals surface area contributed by atoms with Crippen molar-refractivity contribution in [2.75, 3.05) is 19.6 Å². The number of ether oxygens (including phenoxy) is 1. The monoisotopic (exact) mass is 579 g/mol. The highest BCUT2D eigenvalue weighted by Gasteiger charge is 2.49. The van der Waals surface area contributed by atoms with Crippen molar-refractivity contribution in [3.05, 3.63) is 54.4 Å². The number of H-pyrrole nitrogens is 1. The first-order valence-corrected chi connectivity index (χ1v) is 14.2. The van der Waals surface area contributed by atoms with E-state index in [9.17, 15) is 18.4 Å². The standard InChI is InChI=1S/C29H32F3N9O/c1-2-34-15-19-11-24(29(30,31)32)39-25(12-19)42-22-4-9-40(10-5-22)21-13-28(14-21,6-7-33)41-17-20(16-38-41)26-23-3-8-35-27(23)37-18-36-26/h3,8,11-12,16-18,21-22,34H,2,4-6,9-10,13-15H2,1H3,(H,35,36,37). The topological polar surface area (TPSA) is 121 Å². The molecule has 0 radical (unpaired) electrons. The van der Waals surface area contributed by atoms with Crippen LogP contribution in [-0.2, 0) is 18.3 Å². The molecule has 220 valence electrons. The summed E-state index contributed by atoms with van der Waals surface area (Å²) >= 11 is 0. The minimum Gasteiger partial charge on any atom is -0.474 e. The lowest BCUT2D eigenvalue weighted by atomic mass is 9.69. The van der Waals surface area contributed by atoms with E-state index < -0.39 is 11.9 Å². The van der Waals surface area contributed by atoms with E-state index in [1.54, 1.807) is 12.3 Å². The Labute approximate surface area is 240 Å². The van der Waals surface area contributed by atoms with Crippen LogP contribution >= 0.6 is 0 Å². The summed E-state index contributed by atoms with van der Waals surface area (Å²) in [7, 11) is 0. The number of pyridine rings is 1. The van der Waals surface area contributed by atoms with Crippen LogP contribution in [0.1, 0.15) is 50.3 Å². The summed E-state index contributed by atoms with van der Waals surface area (Å²) in [4.78, 5) is 18.0. The zero-order valence-electron chi connectivity index (χ0n) is 23.2. The number of aromatic nitrogens is 6. The number of rotatable bonds is 9. The summed E-state index contributed by atoms with van der Waals surface area (Å²) in [6.07, 6.45) is 5.67. The van der Waals surface area contributed by atoms with Crippen molar-refractivity contribution < 1.29 is 17.9 Å². The lowest BCUT2D eigenvalue weighted by Gasteiger charge is -2.52. The van der Waals surface area contributed by atoms with Crippen LogP contribution in [0.3, 0.4) is 0 Å². The Balaban J connectivity index is 1.09. The molecule has 2 aliphatic rings. The fourth-order valence-corrected chi connectivity index (χ4v) is 6.11. The van der Waals surface area contributed by atoms with Gasteiger partial charge in [-0.1, -0.05) is 6.92 Å². The van der Waals surface area contributed by atoms with Crippen LogP contribution < -0.4 is 10.1 Å². The van der Waals surface area contributed by atoms with E-state index in [1.165, 1.54) is 6.33 Å². The van der Waals surface area contributed by atoms with Gasteiger partial charge in [0.15, 0.2) is 0 Å². The molecule has 1 aliphatic carbocycles. The molecule has 0 amide bonds. The number of nitriles is 1. The Hall–Kier alpha value is -4.02. The minimum absolute atomic E-state index is 0.0166. The van der Waals surface area contributed by atoms with Gasteiger partial charge in [0.2, 0.25) is 5.88 Å². The van der Waals surface area contributed by atoms with Gasteiger partial charge in [-0.05, 0) is 49.9 Å². The van der Waals surface area contributed by atoms with Crippen LogP contribution in [-0.4, -0.2) is 66.4 Å². The van der Waals surface area contributed by atoms with Crippen LogP contribution in [0.4, 0.5) is 13.2 Å². The highest BCUT2D eigenvalue weighted by Crippen LogP contribution is 2.45. The Bertz CT molecular complexity index is 1580. The number of nitrogens with one attached hydrogen (secondary N) is 2. The molecule has 13 heteroatoms. The number of halogens is 3. The van der Waals surface area contributed by atoms with Crippen molar-refractivity contribution in [2.24, 2.45) is 0 Å². The Morgan fingerprint density at radius 3 is 2.76 bits per heavy atom. The second kappa shape index (κ2) is 11.3. The number of hydrogen-bond acceptors (Lipinski definition) is 8. The fraction of sp³-hybridized carbons (Fsp3) is 0.483. The summed E-state index contributed by atoms with van der Waals surface area (Å²) in [5.41, 5.74) is 1.59. The maximum Gasteiger partial charge on any atom is 0.433 e. The lowest BCUT2D eigenvalue weighted by Crippen LogP contribution is -2.58. The molecule has 1 aliphatic heterocycles. The molecule has 0 atom stereocenters. The van der Waals surface area contributed by atoms with E-state index in [0.717, 1.165) is 54.3 Å². The van der Waals surface area contributed by atoms with E-state index in [-0.39, 0.29) is 17.5 Å². The first-order valence-electron chi connectivity index (χ1n) is 14.2. The average molecular weight is 580 g/mol. The average Bonchev–Trinajstić information content (AvgIpc) is 3.64. The Kier molecular flexibility index (Phi) is 7.59. The molecule has 0 spiro atoms. The van der Waals surface area contributed by atoms with Gasteiger partial charge in [0.05, 0.1) is 29.9 Å². The number of alkyl halides is 3. The Morgan fingerprint density at radius 2 is 2.02 bits per heavy atom. The highest BCUT2D eigenvalue weighted by molar-refractivity contribution is 5.90.